The molecular weight excluding hydrogens is 294 g/mol. The average molecular weight is 320 g/mol. The van der Waals surface area contributed by atoms with Gasteiger partial charge in [0.25, 0.3) is 0 Å². The van der Waals surface area contributed by atoms with E-state index in [-0.39, 0.29) is 11.5 Å². The molecule has 0 spiro atoms. The first-order valence-corrected chi connectivity index (χ1v) is 9.12. The molecule has 21 heavy (non-hydrogen) atoms. The van der Waals surface area contributed by atoms with Gasteiger partial charge in [-0.05, 0) is 54.0 Å². The topological polar surface area (TPSA) is 26.0 Å². The summed E-state index contributed by atoms with van der Waals surface area (Å²) in [5.41, 5.74) is 9.15. The minimum Gasteiger partial charge on any atom is -0.327 e. The van der Waals surface area contributed by atoms with Crippen molar-refractivity contribution in [1.82, 2.24) is 0 Å². The second-order valence-corrected chi connectivity index (χ2v) is 8.80. The third kappa shape index (κ3) is 4.12. The second kappa shape index (κ2) is 6.55. The van der Waals surface area contributed by atoms with Crippen molar-refractivity contribution in [3.63, 3.8) is 0 Å². The number of aryl methyl sites for hydroxylation is 1. The van der Waals surface area contributed by atoms with Crippen molar-refractivity contribution in [2.45, 2.75) is 56.2 Å². The molecule has 0 aliphatic rings. The molecule has 0 aliphatic heterocycles. The van der Waals surface area contributed by atoms with Crippen LogP contribution in [0, 0.1) is 6.92 Å². The number of thiophene rings is 1. The van der Waals surface area contributed by atoms with Gasteiger partial charge in [-0.15, -0.1) is 23.1 Å². The minimum atomic E-state index is 0.134. The van der Waals surface area contributed by atoms with Gasteiger partial charge in [-0.3, -0.25) is 0 Å². The molecule has 0 radical (unpaired) electrons. The summed E-state index contributed by atoms with van der Waals surface area (Å²) in [6.07, 6.45) is 0. The summed E-state index contributed by atoms with van der Waals surface area (Å²) < 4.78 is 0. The van der Waals surface area contributed by atoms with Crippen molar-refractivity contribution >= 4 is 23.1 Å². The lowest BCUT2D eigenvalue weighted by molar-refractivity contribution is 0.589. The molecule has 3 heteroatoms. The fourth-order valence-electron chi connectivity index (χ4n) is 2.26. The molecule has 0 amide bonds. The Bertz CT molecular complexity index is 576. The largest absolute Gasteiger partial charge is 0.327 e. The van der Waals surface area contributed by atoms with Crippen LogP contribution in [-0.4, -0.2) is 6.04 Å². The summed E-state index contributed by atoms with van der Waals surface area (Å²) in [6.45, 7) is 11.0. The number of thioether (sulfide) groups is 1. The van der Waals surface area contributed by atoms with Gasteiger partial charge in [0.15, 0.2) is 0 Å². The van der Waals surface area contributed by atoms with E-state index in [2.05, 4.69) is 70.3 Å². The standard InChI is InChI=1S/C18H25NS2/c1-12-10-11-20-16(12)17(13(2)19)21-15-8-6-14(7-9-15)18(3,4)5/h6-11,13,17H,19H2,1-5H3. The van der Waals surface area contributed by atoms with E-state index < -0.39 is 0 Å². The van der Waals surface area contributed by atoms with E-state index in [4.69, 9.17) is 5.73 Å². The van der Waals surface area contributed by atoms with E-state index in [0.29, 0.717) is 5.25 Å². The van der Waals surface area contributed by atoms with Gasteiger partial charge in [0.1, 0.15) is 0 Å². The first-order valence-electron chi connectivity index (χ1n) is 7.36. The molecule has 1 heterocycles. The number of nitrogens with two attached hydrogens (primary N) is 1. The second-order valence-electron chi connectivity index (χ2n) is 6.64. The van der Waals surface area contributed by atoms with Crippen molar-refractivity contribution < 1.29 is 0 Å². The Labute approximate surface area is 137 Å². The fourth-order valence-corrected chi connectivity index (χ4v) is 4.68. The Kier molecular flexibility index (Phi) is 5.18. The number of rotatable bonds is 4. The van der Waals surface area contributed by atoms with Crippen LogP contribution in [0.15, 0.2) is 40.6 Å². The molecule has 0 saturated carbocycles. The summed E-state index contributed by atoms with van der Waals surface area (Å²) in [6, 6.07) is 11.2. The van der Waals surface area contributed by atoms with Gasteiger partial charge in [-0.25, -0.2) is 0 Å². The third-order valence-electron chi connectivity index (χ3n) is 3.62. The van der Waals surface area contributed by atoms with Gasteiger partial charge < -0.3 is 5.73 Å². The smallest absolute Gasteiger partial charge is 0.0589 e. The van der Waals surface area contributed by atoms with Crippen LogP contribution in [0.4, 0.5) is 0 Å². The predicted molar refractivity (Wildman–Crippen MR) is 96.4 cm³/mol. The predicted octanol–water partition coefficient (Wildman–Crippen LogP) is 5.53. The Hall–Kier alpha value is -0.770. The van der Waals surface area contributed by atoms with Crippen LogP contribution < -0.4 is 5.73 Å². The summed E-state index contributed by atoms with van der Waals surface area (Å²) in [4.78, 5) is 2.69. The highest BCUT2D eigenvalue weighted by molar-refractivity contribution is 7.99. The van der Waals surface area contributed by atoms with Crippen LogP contribution in [0.5, 0.6) is 0 Å². The van der Waals surface area contributed by atoms with Crippen molar-refractivity contribution in [2.75, 3.05) is 0 Å². The van der Waals surface area contributed by atoms with Gasteiger partial charge >= 0.3 is 0 Å². The highest BCUT2D eigenvalue weighted by Gasteiger charge is 2.21. The van der Waals surface area contributed by atoms with Crippen LogP contribution in [0.2, 0.25) is 0 Å². The number of benzene rings is 1. The molecule has 114 valence electrons. The zero-order valence-corrected chi connectivity index (χ0v) is 15.1. The summed E-state index contributed by atoms with van der Waals surface area (Å²) in [7, 11) is 0. The fraction of sp³-hybridized carbons (Fsp3) is 0.444. The lowest BCUT2D eigenvalue weighted by atomic mass is 9.87. The van der Waals surface area contributed by atoms with Crippen molar-refractivity contribution in [3.8, 4) is 0 Å². The summed E-state index contributed by atoms with van der Waals surface area (Å²) in [5, 5.41) is 2.48. The molecule has 2 aromatic rings. The lowest BCUT2D eigenvalue weighted by Gasteiger charge is -2.22. The van der Waals surface area contributed by atoms with Crippen molar-refractivity contribution in [2.24, 2.45) is 5.73 Å². The van der Waals surface area contributed by atoms with Gasteiger partial charge in [0, 0.05) is 15.8 Å². The highest BCUT2D eigenvalue weighted by atomic mass is 32.2. The molecule has 1 aromatic heterocycles. The summed E-state index contributed by atoms with van der Waals surface area (Å²) >= 11 is 3.69. The molecule has 2 unspecified atom stereocenters. The summed E-state index contributed by atoms with van der Waals surface area (Å²) in [5.74, 6) is 0. The van der Waals surface area contributed by atoms with Crippen LogP contribution in [0.3, 0.4) is 0 Å². The zero-order chi connectivity index (χ0) is 15.6. The molecule has 0 saturated heterocycles. The van der Waals surface area contributed by atoms with Crippen LogP contribution >= 0.6 is 23.1 Å². The zero-order valence-electron chi connectivity index (χ0n) is 13.5. The van der Waals surface area contributed by atoms with Gasteiger partial charge in [0.05, 0.1) is 5.25 Å². The van der Waals surface area contributed by atoms with Crippen molar-refractivity contribution in [1.29, 1.82) is 0 Å². The van der Waals surface area contributed by atoms with E-state index >= 15 is 0 Å². The Morgan fingerprint density at radius 1 is 1.10 bits per heavy atom. The Morgan fingerprint density at radius 2 is 1.71 bits per heavy atom. The van der Waals surface area contributed by atoms with Crippen molar-refractivity contribution in [3.05, 3.63) is 51.7 Å². The maximum Gasteiger partial charge on any atom is 0.0589 e. The SMILES string of the molecule is Cc1ccsc1C(Sc1ccc(C(C)(C)C)cc1)C(C)N. The number of hydrogen-bond donors (Lipinski definition) is 1. The lowest BCUT2D eigenvalue weighted by Crippen LogP contribution is -2.22. The highest BCUT2D eigenvalue weighted by Crippen LogP contribution is 2.41. The van der Waals surface area contributed by atoms with Gasteiger partial charge in [-0.2, -0.15) is 0 Å². The molecule has 1 aromatic carbocycles. The molecular formula is C18H25NS2. The molecule has 2 atom stereocenters. The molecule has 1 nitrogen and oxygen atoms in total. The van der Waals surface area contributed by atoms with E-state index in [1.165, 1.54) is 20.9 Å². The molecule has 0 fully saturated rings. The maximum atomic E-state index is 6.23. The molecule has 0 bridgehead atoms. The van der Waals surface area contributed by atoms with Gasteiger partial charge in [-0.1, -0.05) is 32.9 Å². The van der Waals surface area contributed by atoms with E-state index in [1.807, 2.05) is 23.1 Å². The van der Waals surface area contributed by atoms with Crippen LogP contribution in [-0.2, 0) is 5.41 Å². The van der Waals surface area contributed by atoms with E-state index in [9.17, 15) is 0 Å². The number of hydrogen-bond acceptors (Lipinski definition) is 3. The average Bonchev–Trinajstić information content (AvgIpc) is 2.81. The van der Waals surface area contributed by atoms with Crippen LogP contribution in [0.1, 0.15) is 48.9 Å². The minimum absolute atomic E-state index is 0.134. The quantitative estimate of drug-likeness (QED) is 0.749. The van der Waals surface area contributed by atoms with Crippen LogP contribution in [0.25, 0.3) is 0 Å². The molecule has 0 aliphatic carbocycles. The third-order valence-corrected chi connectivity index (χ3v) is 6.34. The normalized spacial score (nSPS) is 15.0. The van der Waals surface area contributed by atoms with E-state index in [1.54, 1.807) is 0 Å². The first kappa shape index (κ1) is 16.6. The van der Waals surface area contributed by atoms with E-state index in [0.717, 1.165) is 0 Å². The first-order chi connectivity index (χ1) is 9.79. The monoisotopic (exact) mass is 319 g/mol. The maximum absolute atomic E-state index is 6.23. The Morgan fingerprint density at radius 3 is 2.14 bits per heavy atom. The molecule has 2 N–H and O–H groups in total. The Balaban J connectivity index is 2.20. The van der Waals surface area contributed by atoms with Gasteiger partial charge in [0.2, 0.25) is 0 Å². The molecule has 2 rings (SSSR count).